The summed E-state index contributed by atoms with van der Waals surface area (Å²) in [6.45, 7) is 2.63. The first-order chi connectivity index (χ1) is 9.11. The zero-order chi connectivity index (χ0) is 13.8. The molecule has 1 unspecified atom stereocenters. The van der Waals surface area contributed by atoms with Crippen LogP contribution in [-0.2, 0) is 6.42 Å². The Bertz CT molecular complexity index is 549. The van der Waals surface area contributed by atoms with E-state index in [4.69, 9.17) is 28.9 Å². The van der Waals surface area contributed by atoms with Gasteiger partial charge >= 0.3 is 0 Å². The Morgan fingerprint density at radius 3 is 2.37 bits per heavy atom. The van der Waals surface area contributed by atoms with E-state index < -0.39 is 0 Å². The normalized spacial score (nSPS) is 12.4. The molecule has 0 amide bonds. The maximum Gasteiger partial charge on any atom is 0.0627 e. The van der Waals surface area contributed by atoms with Crippen molar-refractivity contribution in [3.05, 3.63) is 69.2 Å². The molecule has 0 fully saturated rings. The van der Waals surface area contributed by atoms with Crippen LogP contribution in [0.3, 0.4) is 0 Å². The average molecular weight is 294 g/mol. The molecule has 2 aromatic rings. The van der Waals surface area contributed by atoms with E-state index in [-0.39, 0.29) is 5.92 Å². The van der Waals surface area contributed by atoms with Crippen molar-refractivity contribution in [2.75, 3.05) is 6.54 Å². The third-order valence-electron chi connectivity index (χ3n) is 3.31. The Kier molecular flexibility index (Phi) is 4.87. The van der Waals surface area contributed by atoms with Crippen molar-refractivity contribution < 1.29 is 0 Å². The van der Waals surface area contributed by atoms with Gasteiger partial charge in [0.15, 0.2) is 0 Å². The van der Waals surface area contributed by atoms with Crippen LogP contribution < -0.4 is 5.73 Å². The van der Waals surface area contributed by atoms with E-state index in [2.05, 4.69) is 31.2 Å². The van der Waals surface area contributed by atoms with E-state index in [0.29, 0.717) is 16.6 Å². The van der Waals surface area contributed by atoms with Crippen LogP contribution in [0.5, 0.6) is 0 Å². The summed E-state index contributed by atoms with van der Waals surface area (Å²) in [5.41, 5.74) is 9.44. The second-order valence-corrected chi connectivity index (χ2v) is 5.55. The molecule has 1 nitrogen and oxygen atoms in total. The molecular weight excluding hydrogens is 277 g/mol. The van der Waals surface area contributed by atoms with Crippen molar-refractivity contribution >= 4 is 23.2 Å². The monoisotopic (exact) mass is 293 g/mol. The van der Waals surface area contributed by atoms with Crippen LogP contribution in [0, 0.1) is 6.92 Å². The van der Waals surface area contributed by atoms with Gasteiger partial charge in [0.2, 0.25) is 0 Å². The maximum absolute atomic E-state index is 6.27. The Morgan fingerprint density at radius 1 is 1.05 bits per heavy atom. The van der Waals surface area contributed by atoms with Gasteiger partial charge in [0, 0.05) is 5.92 Å². The van der Waals surface area contributed by atoms with E-state index in [1.165, 1.54) is 11.1 Å². The number of aryl methyl sites for hydroxylation is 1. The highest BCUT2D eigenvalue weighted by atomic mass is 35.5. The average Bonchev–Trinajstić information content (AvgIpc) is 2.42. The minimum atomic E-state index is 0.189. The summed E-state index contributed by atoms with van der Waals surface area (Å²) < 4.78 is 0. The molecule has 0 aliphatic carbocycles. The predicted octanol–water partition coefficient (Wildman–Crippen LogP) is 4.59. The van der Waals surface area contributed by atoms with Gasteiger partial charge in [-0.25, -0.2) is 0 Å². The summed E-state index contributed by atoms with van der Waals surface area (Å²) in [5, 5.41) is 1.20. The van der Waals surface area contributed by atoms with Crippen LogP contribution in [0.25, 0.3) is 0 Å². The molecule has 3 heteroatoms. The Hall–Kier alpha value is -1.02. The van der Waals surface area contributed by atoms with Crippen LogP contribution in [-0.4, -0.2) is 6.54 Å². The number of hydrogen-bond acceptors (Lipinski definition) is 1. The van der Waals surface area contributed by atoms with Gasteiger partial charge in [0.1, 0.15) is 0 Å². The van der Waals surface area contributed by atoms with Crippen LogP contribution in [0.15, 0.2) is 42.5 Å². The van der Waals surface area contributed by atoms with Crippen molar-refractivity contribution in [1.29, 1.82) is 0 Å². The molecule has 19 heavy (non-hydrogen) atoms. The van der Waals surface area contributed by atoms with E-state index in [1.54, 1.807) is 6.07 Å². The third-order valence-corrected chi connectivity index (χ3v) is 4.14. The van der Waals surface area contributed by atoms with Crippen molar-refractivity contribution in [1.82, 2.24) is 0 Å². The van der Waals surface area contributed by atoms with Crippen LogP contribution in [0.4, 0.5) is 0 Å². The number of benzene rings is 2. The molecule has 1 atom stereocenters. The molecule has 0 saturated heterocycles. The lowest BCUT2D eigenvalue weighted by atomic mass is 9.92. The lowest BCUT2D eigenvalue weighted by Crippen LogP contribution is -2.15. The standard InChI is InChI=1S/C16H17Cl2N/c1-11-5-7-12(8-6-11)9-13(10-19)14-3-2-4-15(17)16(14)18/h2-8,13H,9-10,19H2,1H3. The van der Waals surface area contributed by atoms with Gasteiger partial charge in [-0.3, -0.25) is 0 Å². The van der Waals surface area contributed by atoms with E-state index in [0.717, 1.165) is 12.0 Å². The highest BCUT2D eigenvalue weighted by molar-refractivity contribution is 6.42. The molecule has 2 aromatic carbocycles. The maximum atomic E-state index is 6.27. The van der Waals surface area contributed by atoms with E-state index in [1.807, 2.05) is 12.1 Å². The molecule has 0 spiro atoms. The quantitative estimate of drug-likeness (QED) is 0.877. The second-order valence-electron chi connectivity index (χ2n) is 4.77. The van der Waals surface area contributed by atoms with Crippen molar-refractivity contribution in [3.63, 3.8) is 0 Å². The van der Waals surface area contributed by atoms with Gasteiger partial charge < -0.3 is 5.73 Å². The van der Waals surface area contributed by atoms with Crippen molar-refractivity contribution in [2.24, 2.45) is 5.73 Å². The smallest absolute Gasteiger partial charge is 0.0627 e. The zero-order valence-electron chi connectivity index (χ0n) is 10.9. The molecule has 0 aliphatic heterocycles. The molecule has 0 radical (unpaired) electrons. The van der Waals surface area contributed by atoms with Crippen LogP contribution >= 0.6 is 23.2 Å². The van der Waals surface area contributed by atoms with E-state index in [9.17, 15) is 0 Å². The molecular formula is C16H17Cl2N. The molecule has 0 aromatic heterocycles. The van der Waals surface area contributed by atoms with Gasteiger partial charge in [-0.1, -0.05) is 65.2 Å². The van der Waals surface area contributed by atoms with Crippen LogP contribution in [0.2, 0.25) is 10.0 Å². The number of halogens is 2. The molecule has 2 N–H and O–H groups in total. The fourth-order valence-electron chi connectivity index (χ4n) is 2.16. The highest BCUT2D eigenvalue weighted by Crippen LogP contribution is 2.32. The minimum Gasteiger partial charge on any atom is -0.330 e. The van der Waals surface area contributed by atoms with Gasteiger partial charge in [-0.05, 0) is 37.1 Å². The Labute approximate surface area is 124 Å². The second kappa shape index (κ2) is 6.42. The van der Waals surface area contributed by atoms with Gasteiger partial charge in [-0.2, -0.15) is 0 Å². The summed E-state index contributed by atoms with van der Waals surface area (Å²) in [6, 6.07) is 14.2. The third kappa shape index (κ3) is 3.50. The van der Waals surface area contributed by atoms with Crippen LogP contribution in [0.1, 0.15) is 22.6 Å². The Balaban J connectivity index is 2.25. The molecule has 100 valence electrons. The lowest BCUT2D eigenvalue weighted by Gasteiger charge is -2.17. The zero-order valence-corrected chi connectivity index (χ0v) is 12.4. The van der Waals surface area contributed by atoms with Crippen molar-refractivity contribution in [2.45, 2.75) is 19.3 Å². The van der Waals surface area contributed by atoms with E-state index >= 15 is 0 Å². The van der Waals surface area contributed by atoms with Crippen molar-refractivity contribution in [3.8, 4) is 0 Å². The number of hydrogen-bond donors (Lipinski definition) is 1. The highest BCUT2D eigenvalue weighted by Gasteiger charge is 2.15. The fraction of sp³-hybridized carbons (Fsp3) is 0.250. The first-order valence-electron chi connectivity index (χ1n) is 6.31. The first-order valence-corrected chi connectivity index (χ1v) is 7.07. The molecule has 0 aliphatic rings. The largest absolute Gasteiger partial charge is 0.330 e. The topological polar surface area (TPSA) is 26.0 Å². The molecule has 2 rings (SSSR count). The number of nitrogens with two attached hydrogens (primary N) is 1. The van der Waals surface area contributed by atoms with Gasteiger partial charge in [0.05, 0.1) is 10.0 Å². The summed E-state index contributed by atoms with van der Waals surface area (Å²) >= 11 is 12.3. The molecule has 0 heterocycles. The summed E-state index contributed by atoms with van der Waals surface area (Å²) in [6.07, 6.45) is 0.872. The lowest BCUT2D eigenvalue weighted by molar-refractivity contribution is 0.694. The fourth-order valence-corrected chi connectivity index (χ4v) is 2.63. The first kappa shape index (κ1) is 14.4. The molecule has 0 bridgehead atoms. The van der Waals surface area contributed by atoms with Gasteiger partial charge in [-0.15, -0.1) is 0 Å². The SMILES string of the molecule is Cc1ccc(CC(CN)c2cccc(Cl)c2Cl)cc1. The summed E-state index contributed by atoms with van der Waals surface area (Å²) in [5.74, 6) is 0.189. The summed E-state index contributed by atoms with van der Waals surface area (Å²) in [4.78, 5) is 0. The number of rotatable bonds is 4. The predicted molar refractivity (Wildman–Crippen MR) is 83.1 cm³/mol. The Morgan fingerprint density at radius 2 is 1.74 bits per heavy atom. The summed E-state index contributed by atoms with van der Waals surface area (Å²) in [7, 11) is 0. The minimum absolute atomic E-state index is 0.189. The van der Waals surface area contributed by atoms with Gasteiger partial charge in [0.25, 0.3) is 0 Å². The molecule has 0 saturated carbocycles.